The van der Waals surface area contributed by atoms with Crippen molar-refractivity contribution in [2.24, 2.45) is 0 Å². The van der Waals surface area contributed by atoms with Gasteiger partial charge in [0.05, 0.1) is 37.5 Å². The number of ether oxygens (including phenoxy) is 1. The number of aliphatic hydroxyl groups excluding tert-OH is 1. The lowest BCUT2D eigenvalue weighted by Crippen LogP contribution is -2.52. The van der Waals surface area contributed by atoms with Gasteiger partial charge in [0.2, 0.25) is 0 Å². The van der Waals surface area contributed by atoms with Crippen LogP contribution in [0.1, 0.15) is 33.5 Å². The third kappa shape index (κ3) is 3.27. The van der Waals surface area contributed by atoms with Crippen LogP contribution in [0.4, 0.5) is 0 Å². The zero-order valence-corrected chi connectivity index (χ0v) is 15.2. The molecule has 2 unspecified atom stereocenters. The average molecular weight is 348 g/mol. The lowest BCUT2D eigenvalue weighted by molar-refractivity contribution is -0.0667. The van der Waals surface area contributed by atoms with Crippen LogP contribution in [0.25, 0.3) is 0 Å². The number of aromatic nitrogens is 1. The number of morpholine rings is 1. The Kier molecular flexibility index (Phi) is 5.08. The molecule has 2 aromatic heterocycles. The van der Waals surface area contributed by atoms with Gasteiger partial charge >= 0.3 is 0 Å². The van der Waals surface area contributed by atoms with Crippen molar-refractivity contribution in [1.82, 2.24) is 9.47 Å². The number of carbonyl (C=O) groups excluding carboxylic acids is 1. The van der Waals surface area contributed by atoms with Gasteiger partial charge in [0.15, 0.2) is 0 Å². The molecule has 0 spiro atoms. The second-order valence-corrected chi connectivity index (χ2v) is 7.43. The van der Waals surface area contributed by atoms with Gasteiger partial charge in [-0.2, -0.15) is 0 Å². The minimum atomic E-state index is -0.292. The van der Waals surface area contributed by atoms with E-state index in [1.807, 2.05) is 37.8 Å². The van der Waals surface area contributed by atoms with E-state index >= 15 is 0 Å². The largest absolute Gasteiger partial charge is 0.394 e. The van der Waals surface area contributed by atoms with Gasteiger partial charge in [0.1, 0.15) is 0 Å². The fourth-order valence-corrected chi connectivity index (χ4v) is 3.88. The highest BCUT2D eigenvalue weighted by molar-refractivity contribution is 7.09. The maximum absolute atomic E-state index is 13.0. The molecule has 3 heterocycles. The molecule has 2 aromatic rings. The summed E-state index contributed by atoms with van der Waals surface area (Å²) < 4.78 is 7.73. The van der Waals surface area contributed by atoms with Crippen LogP contribution >= 0.6 is 11.3 Å². The van der Waals surface area contributed by atoms with Crippen molar-refractivity contribution in [3.8, 4) is 0 Å². The third-order valence-electron chi connectivity index (χ3n) is 4.67. The van der Waals surface area contributed by atoms with E-state index in [2.05, 4.69) is 16.0 Å². The summed E-state index contributed by atoms with van der Waals surface area (Å²) >= 11 is 1.72. The van der Waals surface area contributed by atoms with Gasteiger partial charge < -0.3 is 19.3 Å². The Morgan fingerprint density at radius 1 is 1.46 bits per heavy atom. The molecule has 0 bridgehead atoms. The van der Waals surface area contributed by atoms with E-state index < -0.39 is 0 Å². The SMILES string of the molecule is Cc1cc(C(=O)N2CC(CO)OCC2C)c(C)n1Cc1cccs1. The summed E-state index contributed by atoms with van der Waals surface area (Å²) in [4.78, 5) is 16.1. The summed E-state index contributed by atoms with van der Waals surface area (Å²) in [6.45, 7) is 7.65. The van der Waals surface area contributed by atoms with E-state index in [1.54, 1.807) is 11.3 Å². The summed E-state index contributed by atoms with van der Waals surface area (Å²) in [5, 5.41) is 11.4. The molecular formula is C18H24N2O3S. The minimum absolute atomic E-state index is 0.0145. The molecular weight excluding hydrogens is 324 g/mol. The Morgan fingerprint density at radius 2 is 2.25 bits per heavy atom. The zero-order chi connectivity index (χ0) is 17.3. The maximum Gasteiger partial charge on any atom is 0.256 e. The van der Waals surface area contributed by atoms with E-state index in [4.69, 9.17) is 4.74 Å². The Balaban J connectivity index is 1.85. The second kappa shape index (κ2) is 7.09. The molecule has 130 valence electrons. The maximum atomic E-state index is 13.0. The fraction of sp³-hybridized carbons (Fsp3) is 0.500. The van der Waals surface area contributed by atoms with Crippen molar-refractivity contribution < 1.29 is 14.6 Å². The Labute approximate surface area is 146 Å². The Hall–Kier alpha value is -1.63. The van der Waals surface area contributed by atoms with Crippen molar-refractivity contribution in [1.29, 1.82) is 0 Å². The number of aryl methyl sites for hydroxylation is 1. The normalized spacial score (nSPS) is 21.2. The van der Waals surface area contributed by atoms with Crippen molar-refractivity contribution in [3.05, 3.63) is 45.4 Å². The minimum Gasteiger partial charge on any atom is -0.394 e. The molecule has 0 radical (unpaired) electrons. The van der Waals surface area contributed by atoms with Gasteiger partial charge in [-0.05, 0) is 38.3 Å². The van der Waals surface area contributed by atoms with Crippen molar-refractivity contribution in [2.75, 3.05) is 19.8 Å². The van der Waals surface area contributed by atoms with Crippen molar-refractivity contribution in [3.63, 3.8) is 0 Å². The van der Waals surface area contributed by atoms with Gasteiger partial charge in [0, 0.05) is 22.8 Å². The topological polar surface area (TPSA) is 54.7 Å². The number of carbonyl (C=O) groups is 1. The third-order valence-corrected chi connectivity index (χ3v) is 5.53. The fourth-order valence-electron chi connectivity index (χ4n) is 3.18. The zero-order valence-electron chi connectivity index (χ0n) is 14.4. The first-order chi connectivity index (χ1) is 11.5. The van der Waals surface area contributed by atoms with Crippen LogP contribution < -0.4 is 0 Å². The monoisotopic (exact) mass is 348 g/mol. The molecule has 0 aliphatic carbocycles. The number of aliphatic hydroxyl groups is 1. The average Bonchev–Trinajstić information content (AvgIpc) is 3.18. The number of hydrogen-bond acceptors (Lipinski definition) is 4. The molecule has 1 amide bonds. The van der Waals surface area contributed by atoms with Crippen molar-refractivity contribution >= 4 is 17.2 Å². The van der Waals surface area contributed by atoms with Gasteiger partial charge in [-0.1, -0.05) is 6.07 Å². The van der Waals surface area contributed by atoms with Crippen LogP contribution in [0.2, 0.25) is 0 Å². The van der Waals surface area contributed by atoms with Gasteiger partial charge in [-0.25, -0.2) is 0 Å². The number of rotatable bonds is 4. The van der Waals surface area contributed by atoms with E-state index in [0.29, 0.717) is 13.2 Å². The molecule has 2 atom stereocenters. The van der Waals surface area contributed by atoms with E-state index in [9.17, 15) is 9.90 Å². The number of nitrogens with zero attached hydrogens (tertiary/aromatic N) is 2. The summed E-state index contributed by atoms with van der Waals surface area (Å²) in [6.07, 6.45) is -0.292. The van der Waals surface area contributed by atoms with E-state index in [0.717, 1.165) is 23.5 Å². The summed E-state index contributed by atoms with van der Waals surface area (Å²) in [5.41, 5.74) is 2.82. The second-order valence-electron chi connectivity index (χ2n) is 6.39. The van der Waals surface area contributed by atoms with Crippen LogP contribution in [0.15, 0.2) is 23.6 Å². The molecule has 1 fully saturated rings. The van der Waals surface area contributed by atoms with E-state index in [1.165, 1.54) is 4.88 Å². The molecule has 1 N–H and O–H groups in total. The quantitative estimate of drug-likeness (QED) is 0.923. The lowest BCUT2D eigenvalue weighted by atomic mass is 10.1. The predicted molar refractivity (Wildman–Crippen MR) is 94.7 cm³/mol. The van der Waals surface area contributed by atoms with Crippen LogP contribution in [0, 0.1) is 13.8 Å². The Morgan fingerprint density at radius 3 is 2.92 bits per heavy atom. The Bertz CT molecular complexity index is 708. The van der Waals surface area contributed by atoms with Crippen LogP contribution in [-0.4, -0.2) is 52.4 Å². The highest BCUT2D eigenvalue weighted by Crippen LogP contribution is 2.23. The highest BCUT2D eigenvalue weighted by Gasteiger charge is 2.31. The first kappa shape index (κ1) is 17.2. The van der Waals surface area contributed by atoms with Gasteiger partial charge in [0.25, 0.3) is 5.91 Å². The van der Waals surface area contributed by atoms with Crippen LogP contribution in [0.3, 0.4) is 0 Å². The molecule has 0 aromatic carbocycles. The number of amides is 1. The molecule has 24 heavy (non-hydrogen) atoms. The summed E-state index contributed by atoms with van der Waals surface area (Å²) in [6, 6.07) is 6.15. The van der Waals surface area contributed by atoms with Gasteiger partial charge in [-0.15, -0.1) is 11.3 Å². The lowest BCUT2D eigenvalue weighted by Gasteiger charge is -2.37. The molecule has 5 nitrogen and oxygen atoms in total. The first-order valence-electron chi connectivity index (χ1n) is 8.23. The summed E-state index contributed by atoms with van der Waals surface area (Å²) in [7, 11) is 0. The standard InChI is InChI=1S/C18H24N2O3S/c1-12-7-17(14(3)19(12)9-16-5-4-6-24-16)18(22)20-8-15(10-21)23-11-13(20)2/h4-7,13,15,21H,8-11H2,1-3H3. The molecule has 1 aliphatic heterocycles. The van der Waals surface area contributed by atoms with Crippen molar-refractivity contribution in [2.45, 2.75) is 39.5 Å². The molecule has 3 rings (SSSR count). The number of hydrogen-bond donors (Lipinski definition) is 1. The van der Waals surface area contributed by atoms with E-state index in [-0.39, 0.29) is 24.7 Å². The predicted octanol–water partition coefficient (Wildman–Crippen LogP) is 2.44. The van der Waals surface area contributed by atoms with Crippen LogP contribution in [-0.2, 0) is 11.3 Å². The van der Waals surface area contributed by atoms with Gasteiger partial charge in [-0.3, -0.25) is 4.79 Å². The molecule has 0 saturated carbocycles. The van der Waals surface area contributed by atoms with Crippen LogP contribution in [0.5, 0.6) is 0 Å². The smallest absolute Gasteiger partial charge is 0.256 e. The number of thiophene rings is 1. The molecule has 1 aliphatic rings. The highest BCUT2D eigenvalue weighted by atomic mass is 32.1. The molecule has 1 saturated heterocycles. The first-order valence-corrected chi connectivity index (χ1v) is 9.11. The molecule has 6 heteroatoms. The summed E-state index contributed by atoms with van der Waals surface area (Å²) in [5.74, 6) is 0.0229.